The summed E-state index contributed by atoms with van der Waals surface area (Å²) in [6.45, 7) is 2.68. The number of nitrogens with one attached hydrogen (secondary N) is 1. The Morgan fingerprint density at radius 3 is 2.33 bits per heavy atom. The molecule has 140 valence electrons. The van der Waals surface area contributed by atoms with Crippen LogP contribution < -0.4 is 10.1 Å². The largest absolute Gasteiger partial charge is 0.492 e. The van der Waals surface area contributed by atoms with E-state index in [1.54, 1.807) is 36.4 Å². The van der Waals surface area contributed by atoms with E-state index in [1.807, 2.05) is 19.1 Å². The van der Waals surface area contributed by atoms with E-state index >= 15 is 0 Å². The number of amides is 3. The van der Waals surface area contributed by atoms with Gasteiger partial charge in [-0.05, 0) is 31.2 Å². The fourth-order valence-corrected chi connectivity index (χ4v) is 3.51. The minimum absolute atomic E-state index is 0.158. The Morgan fingerprint density at radius 1 is 1.04 bits per heavy atom. The van der Waals surface area contributed by atoms with Crippen LogP contribution in [0.25, 0.3) is 0 Å². The van der Waals surface area contributed by atoms with Crippen molar-refractivity contribution in [3.63, 3.8) is 0 Å². The van der Waals surface area contributed by atoms with Gasteiger partial charge in [0.1, 0.15) is 5.75 Å². The van der Waals surface area contributed by atoms with Crippen LogP contribution in [0.5, 0.6) is 5.75 Å². The molecule has 2 aromatic rings. The number of para-hydroxylation sites is 2. The van der Waals surface area contributed by atoms with Gasteiger partial charge in [-0.15, -0.1) is 0 Å². The number of carbonyl (C=O) groups is 3. The predicted octanol–water partition coefficient (Wildman–Crippen LogP) is 3.05. The molecule has 27 heavy (non-hydrogen) atoms. The summed E-state index contributed by atoms with van der Waals surface area (Å²) in [5.41, 5.74) is 1.51. The fraction of sp³-hybridized carbons (Fsp3) is 0.250. The third-order valence-corrected chi connectivity index (χ3v) is 4.97. The topological polar surface area (TPSA) is 75.7 Å². The molecule has 0 aliphatic carbocycles. The minimum atomic E-state index is -0.272. The van der Waals surface area contributed by atoms with Crippen LogP contribution in [0.1, 0.15) is 27.6 Å². The normalized spacial score (nSPS) is 12.9. The van der Waals surface area contributed by atoms with Crippen LogP contribution in [0.15, 0.2) is 48.5 Å². The first-order valence-corrected chi connectivity index (χ1v) is 9.82. The lowest BCUT2D eigenvalue weighted by molar-refractivity contribution is -0.113. The molecule has 0 atom stereocenters. The van der Waals surface area contributed by atoms with Crippen LogP contribution in [-0.2, 0) is 4.79 Å². The van der Waals surface area contributed by atoms with E-state index in [1.165, 1.54) is 16.7 Å². The molecule has 0 unspecified atom stereocenters. The zero-order valence-electron chi connectivity index (χ0n) is 14.9. The maximum absolute atomic E-state index is 12.3. The summed E-state index contributed by atoms with van der Waals surface area (Å²) < 4.78 is 5.48. The number of ether oxygens (including phenoxy) is 1. The quantitative estimate of drug-likeness (QED) is 0.559. The van der Waals surface area contributed by atoms with Gasteiger partial charge >= 0.3 is 0 Å². The maximum Gasteiger partial charge on any atom is 0.261 e. The molecule has 6 nitrogen and oxygen atoms in total. The van der Waals surface area contributed by atoms with Crippen molar-refractivity contribution in [1.82, 2.24) is 4.90 Å². The Balaban J connectivity index is 1.47. The number of rotatable bonds is 8. The first kappa shape index (κ1) is 19.0. The molecule has 0 saturated carbocycles. The van der Waals surface area contributed by atoms with Gasteiger partial charge < -0.3 is 10.1 Å². The molecule has 1 aliphatic heterocycles. The fourth-order valence-electron chi connectivity index (χ4n) is 2.80. The zero-order valence-corrected chi connectivity index (χ0v) is 15.8. The average Bonchev–Trinajstić information content (AvgIpc) is 2.92. The van der Waals surface area contributed by atoms with Crippen molar-refractivity contribution in [3.8, 4) is 5.75 Å². The van der Waals surface area contributed by atoms with E-state index in [0.717, 1.165) is 0 Å². The highest BCUT2D eigenvalue weighted by Crippen LogP contribution is 2.24. The van der Waals surface area contributed by atoms with Gasteiger partial charge in [-0.2, -0.15) is 11.8 Å². The van der Waals surface area contributed by atoms with E-state index < -0.39 is 0 Å². The van der Waals surface area contributed by atoms with Crippen molar-refractivity contribution < 1.29 is 19.1 Å². The van der Waals surface area contributed by atoms with Crippen LogP contribution in [0.3, 0.4) is 0 Å². The molecule has 0 fully saturated rings. The Hall–Kier alpha value is -2.80. The van der Waals surface area contributed by atoms with Crippen molar-refractivity contribution in [1.29, 1.82) is 0 Å². The first-order chi connectivity index (χ1) is 13.1. The lowest BCUT2D eigenvalue weighted by Gasteiger charge is -2.14. The van der Waals surface area contributed by atoms with Gasteiger partial charge in [0.15, 0.2) is 0 Å². The highest BCUT2D eigenvalue weighted by atomic mass is 32.2. The molecule has 0 radical (unpaired) electrons. The highest BCUT2D eigenvalue weighted by Gasteiger charge is 2.34. The third kappa shape index (κ3) is 4.31. The van der Waals surface area contributed by atoms with Crippen LogP contribution in [0, 0.1) is 0 Å². The third-order valence-electron chi connectivity index (χ3n) is 4.03. The van der Waals surface area contributed by atoms with E-state index in [-0.39, 0.29) is 30.0 Å². The Kier molecular flexibility index (Phi) is 6.13. The molecular formula is C20H20N2O4S. The molecule has 2 aromatic carbocycles. The molecule has 1 heterocycles. The maximum atomic E-state index is 12.3. The molecule has 0 aromatic heterocycles. The molecule has 0 bridgehead atoms. The molecule has 0 saturated heterocycles. The van der Waals surface area contributed by atoms with Crippen molar-refractivity contribution in [2.24, 2.45) is 0 Å². The van der Waals surface area contributed by atoms with Crippen LogP contribution >= 0.6 is 11.8 Å². The van der Waals surface area contributed by atoms with E-state index in [4.69, 9.17) is 4.74 Å². The van der Waals surface area contributed by atoms with Gasteiger partial charge in [-0.3, -0.25) is 19.3 Å². The van der Waals surface area contributed by atoms with Crippen molar-refractivity contribution in [2.75, 3.05) is 30.0 Å². The molecular weight excluding hydrogens is 364 g/mol. The molecule has 1 N–H and O–H groups in total. The number of anilines is 1. The Morgan fingerprint density at radius 2 is 1.67 bits per heavy atom. The van der Waals surface area contributed by atoms with Gasteiger partial charge in [0, 0.05) is 12.3 Å². The molecule has 3 rings (SSSR count). The summed E-state index contributed by atoms with van der Waals surface area (Å²) in [6.07, 6.45) is 0. The zero-order chi connectivity index (χ0) is 19.2. The number of hydrogen-bond acceptors (Lipinski definition) is 5. The van der Waals surface area contributed by atoms with Crippen molar-refractivity contribution in [2.45, 2.75) is 6.92 Å². The van der Waals surface area contributed by atoms with Crippen LogP contribution in [-0.4, -0.2) is 47.3 Å². The monoisotopic (exact) mass is 384 g/mol. The second-order valence-electron chi connectivity index (χ2n) is 5.84. The Labute approximate surface area is 161 Å². The number of benzene rings is 2. The summed E-state index contributed by atoms with van der Waals surface area (Å²) in [7, 11) is 0. The van der Waals surface area contributed by atoms with E-state index in [9.17, 15) is 14.4 Å². The summed E-state index contributed by atoms with van der Waals surface area (Å²) >= 11 is 1.37. The summed E-state index contributed by atoms with van der Waals surface area (Å²) in [6, 6.07) is 14.1. The second kappa shape index (κ2) is 8.73. The summed E-state index contributed by atoms with van der Waals surface area (Å²) in [4.78, 5) is 37.9. The number of fused-ring (bicyclic) bond motifs is 1. The number of imide groups is 1. The summed E-state index contributed by atoms with van der Waals surface area (Å²) in [5, 5.41) is 2.82. The summed E-state index contributed by atoms with van der Waals surface area (Å²) in [5.74, 6) is 0.645. The smallest absolute Gasteiger partial charge is 0.261 e. The molecule has 1 aliphatic rings. The number of thioether (sulfide) groups is 1. The first-order valence-electron chi connectivity index (χ1n) is 8.66. The van der Waals surface area contributed by atoms with Gasteiger partial charge in [0.2, 0.25) is 5.91 Å². The standard InChI is InChI=1S/C20H20N2O4S/c1-2-26-17-10-6-5-9-16(17)21-18(23)13-27-12-11-22-19(24)14-7-3-4-8-15(14)20(22)25/h3-10H,2,11-13H2,1H3,(H,21,23). The van der Waals surface area contributed by atoms with Crippen LogP contribution in [0.4, 0.5) is 5.69 Å². The van der Waals surface area contributed by atoms with E-state index in [0.29, 0.717) is 34.9 Å². The number of carbonyl (C=O) groups excluding carboxylic acids is 3. The van der Waals surface area contributed by atoms with Gasteiger partial charge in [-0.25, -0.2) is 0 Å². The van der Waals surface area contributed by atoms with Gasteiger partial charge in [-0.1, -0.05) is 24.3 Å². The van der Waals surface area contributed by atoms with E-state index in [2.05, 4.69) is 5.32 Å². The van der Waals surface area contributed by atoms with Gasteiger partial charge in [0.25, 0.3) is 11.8 Å². The molecule has 3 amide bonds. The lowest BCUT2D eigenvalue weighted by Crippen LogP contribution is -2.32. The SMILES string of the molecule is CCOc1ccccc1NC(=O)CSCCN1C(=O)c2ccccc2C1=O. The Bertz CT molecular complexity index is 834. The van der Waals surface area contributed by atoms with Crippen molar-refractivity contribution >= 4 is 35.2 Å². The second-order valence-corrected chi connectivity index (χ2v) is 6.94. The number of hydrogen-bond donors (Lipinski definition) is 1. The highest BCUT2D eigenvalue weighted by molar-refractivity contribution is 7.99. The molecule has 0 spiro atoms. The minimum Gasteiger partial charge on any atom is -0.492 e. The number of nitrogens with zero attached hydrogens (tertiary/aromatic N) is 1. The van der Waals surface area contributed by atoms with Gasteiger partial charge in [0.05, 0.1) is 29.2 Å². The predicted molar refractivity (Wildman–Crippen MR) is 105 cm³/mol. The lowest BCUT2D eigenvalue weighted by atomic mass is 10.1. The molecule has 7 heteroatoms. The average molecular weight is 384 g/mol. The van der Waals surface area contributed by atoms with Crippen molar-refractivity contribution in [3.05, 3.63) is 59.7 Å². The van der Waals surface area contributed by atoms with Crippen LogP contribution in [0.2, 0.25) is 0 Å².